The van der Waals surface area contributed by atoms with Crippen LogP contribution in [-0.4, -0.2) is 56.5 Å². The molecular weight excluding hydrogens is 496 g/mol. The Morgan fingerprint density at radius 3 is 2.74 bits per heavy atom. The number of nitrogens with zero attached hydrogens (tertiary/aromatic N) is 5. The van der Waals surface area contributed by atoms with Crippen LogP contribution in [-0.2, 0) is 4.74 Å². The fourth-order valence-corrected chi connectivity index (χ4v) is 5.72. The van der Waals surface area contributed by atoms with E-state index in [-0.39, 0.29) is 36.7 Å². The Balaban J connectivity index is 1.60. The summed E-state index contributed by atoms with van der Waals surface area (Å²) in [4.78, 5) is 35.9. The minimum atomic E-state index is -1.06. The van der Waals surface area contributed by atoms with Crippen molar-refractivity contribution in [1.82, 2.24) is 19.5 Å². The van der Waals surface area contributed by atoms with E-state index in [9.17, 15) is 19.1 Å². The van der Waals surface area contributed by atoms with Crippen molar-refractivity contribution in [2.75, 3.05) is 24.8 Å². The molecule has 0 spiro atoms. The summed E-state index contributed by atoms with van der Waals surface area (Å²) in [6, 6.07) is 10.3. The smallest absolute Gasteiger partial charge is 0.278 e. The molecule has 1 aliphatic carbocycles. The number of aromatic hydroxyl groups is 1. The Kier molecular flexibility index (Phi) is 4.86. The molecule has 2 aromatic heterocycles. The van der Waals surface area contributed by atoms with Gasteiger partial charge in [-0.2, -0.15) is 0 Å². The number of carbonyl (C=O) groups is 1. The van der Waals surface area contributed by atoms with Crippen molar-refractivity contribution < 1.29 is 23.4 Å². The second-order valence-electron chi connectivity index (χ2n) is 9.26. The molecular formula is C27H19F2N5O4. The van der Waals surface area contributed by atoms with Crippen molar-refractivity contribution in [3.8, 4) is 28.1 Å². The molecule has 4 aromatic rings. The van der Waals surface area contributed by atoms with Crippen LogP contribution in [0.1, 0.15) is 27.7 Å². The summed E-state index contributed by atoms with van der Waals surface area (Å²) in [5.41, 5.74) is 1.59. The lowest BCUT2D eigenvalue weighted by molar-refractivity contribution is -0.0196. The number of morpholine rings is 1. The third kappa shape index (κ3) is 2.99. The van der Waals surface area contributed by atoms with Gasteiger partial charge in [0.05, 0.1) is 24.9 Å². The third-order valence-corrected chi connectivity index (χ3v) is 7.36. The van der Waals surface area contributed by atoms with Gasteiger partial charge in [-0.05, 0) is 22.8 Å². The summed E-state index contributed by atoms with van der Waals surface area (Å²) in [5.74, 6) is -3.30. The number of hydrogen-bond acceptors (Lipinski definition) is 7. The molecule has 7 rings (SSSR count). The van der Waals surface area contributed by atoms with Gasteiger partial charge in [0.15, 0.2) is 23.1 Å². The first-order chi connectivity index (χ1) is 18.5. The monoisotopic (exact) mass is 515 g/mol. The lowest BCUT2D eigenvalue weighted by Gasteiger charge is -2.51. The fraction of sp³-hybridized carbons (Fsp3) is 0.185. The highest BCUT2D eigenvalue weighted by atomic mass is 19.2. The Bertz CT molecular complexity index is 1710. The van der Waals surface area contributed by atoms with E-state index < -0.39 is 40.9 Å². The highest BCUT2D eigenvalue weighted by molar-refractivity contribution is 5.97. The predicted octanol–water partition coefficient (Wildman–Crippen LogP) is 2.81. The molecule has 1 fully saturated rings. The third-order valence-electron chi connectivity index (χ3n) is 7.36. The van der Waals surface area contributed by atoms with Gasteiger partial charge in [0.2, 0.25) is 5.43 Å². The van der Waals surface area contributed by atoms with Crippen LogP contribution in [0.5, 0.6) is 5.75 Å². The standard InChI is InChI=1S/C27H19F2N5O4/c28-18-6-5-16-21(22(18)29)23-17(11-30-13-31-23)14-3-1-2-4-15(14)24(16)34-20-12-38-10-9-32(20)27(37)25-26(36)19(35)7-8-33(25)34/h1-8,11,13,20,24,36H,9-10,12H2/t20-,24-/m1/s1. The van der Waals surface area contributed by atoms with Crippen LogP contribution in [0.15, 0.2) is 66.0 Å². The number of benzene rings is 2. The number of rotatable bonds is 1. The Hall–Kier alpha value is -4.64. The van der Waals surface area contributed by atoms with Gasteiger partial charge in [0, 0.05) is 36.1 Å². The van der Waals surface area contributed by atoms with E-state index >= 15 is 4.39 Å². The topological polar surface area (TPSA) is 101 Å². The Morgan fingerprint density at radius 2 is 1.87 bits per heavy atom. The molecule has 9 nitrogen and oxygen atoms in total. The van der Waals surface area contributed by atoms with Crippen molar-refractivity contribution in [2.24, 2.45) is 0 Å². The molecule has 1 N–H and O–H groups in total. The van der Waals surface area contributed by atoms with Gasteiger partial charge >= 0.3 is 0 Å². The van der Waals surface area contributed by atoms with Gasteiger partial charge in [-0.1, -0.05) is 30.3 Å². The predicted molar refractivity (Wildman–Crippen MR) is 131 cm³/mol. The molecule has 4 heterocycles. The number of carbonyl (C=O) groups excluding carboxylic acids is 1. The zero-order valence-corrected chi connectivity index (χ0v) is 19.7. The normalized spacial score (nSPS) is 19.6. The number of pyridine rings is 1. The van der Waals surface area contributed by atoms with Crippen molar-refractivity contribution in [3.05, 3.63) is 99.9 Å². The van der Waals surface area contributed by atoms with Crippen molar-refractivity contribution in [1.29, 1.82) is 0 Å². The summed E-state index contributed by atoms with van der Waals surface area (Å²) in [5, 5.41) is 12.5. The van der Waals surface area contributed by atoms with E-state index in [4.69, 9.17) is 4.74 Å². The largest absolute Gasteiger partial charge is 0.502 e. The van der Waals surface area contributed by atoms with E-state index in [2.05, 4.69) is 9.97 Å². The maximum absolute atomic E-state index is 15.7. The first kappa shape index (κ1) is 22.5. The van der Waals surface area contributed by atoms with Gasteiger partial charge in [-0.25, -0.2) is 18.7 Å². The van der Waals surface area contributed by atoms with Crippen LogP contribution >= 0.6 is 0 Å². The minimum absolute atomic E-state index is 0.0319. The highest BCUT2D eigenvalue weighted by Gasteiger charge is 2.46. The number of fused-ring (bicyclic) bond motifs is 7. The highest BCUT2D eigenvalue weighted by Crippen LogP contribution is 2.48. The Morgan fingerprint density at radius 1 is 1.03 bits per heavy atom. The molecule has 38 heavy (non-hydrogen) atoms. The summed E-state index contributed by atoms with van der Waals surface area (Å²) in [7, 11) is 0. The SMILES string of the molecule is O=C1c2c(O)c(=O)ccn2N([C@@H]2c3ccccc3-c3cncnc3-c3c2ccc(F)c3F)[C@@H]2COCCN12. The molecule has 3 aliphatic rings. The van der Waals surface area contributed by atoms with Gasteiger partial charge in [-0.3, -0.25) is 19.3 Å². The first-order valence-corrected chi connectivity index (χ1v) is 12.0. The second kappa shape index (κ2) is 8.18. The average Bonchev–Trinajstić information content (AvgIpc) is 3.06. The van der Waals surface area contributed by atoms with Crippen LogP contribution in [0.2, 0.25) is 0 Å². The lowest BCUT2D eigenvalue weighted by Crippen LogP contribution is -2.66. The van der Waals surface area contributed by atoms with E-state index in [0.29, 0.717) is 22.3 Å². The summed E-state index contributed by atoms with van der Waals surface area (Å²) < 4.78 is 37.6. The molecule has 0 saturated carbocycles. The van der Waals surface area contributed by atoms with E-state index in [1.165, 1.54) is 28.2 Å². The maximum Gasteiger partial charge on any atom is 0.278 e. The quantitative estimate of drug-likeness (QED) is 0.416. The minimum Gasteiger partial charge on any atom is -0.502 e. The van der Waals surface area contributed by atoms with Crippen molar-refractivity contribution >= 4 is 5.91 Å². The summed E-state index contributed by atoms with van der Waals surface area (Å²) >= 11 is 0. The van der Waals surface area contributed by atoms with E-state index in [1.54, 1.807) is 11.2 Å². The van der Waals surface area contributed by atoms with Crippen LogP contribution < -0.4 is 10.4 Å². The number of halogens is 2. The molecule has 0 unspecified atom stereocenters. The van der Waals surface area contributed by atoms with E-state index in [0.717, 1.165) is 12.1 Å². The summed E-state index contributed by atoms with van der Waals surface area (Å²) in [6.07, 6.45) is 3.56. The number of amides is 1. The average molecular weight is 515 g/mol. The zero-order chi connectivity index (χ0) is 26.1. The molecule has 2 aliphatic heterocycles. The van der Waals surface area contributed by atoms with Gasteiger partial charge in [0.25, 0.3) is 5.91 Å². The fourth-order valence-electron chi connectivity index (χ4n) is 5.72. The molecule has 2 aromatic carbocycles. The number of ether oxygens (including phenoxy) is 1. The Labute approximate surface area is 214 Å². The number of aromatic nitrogens is 3. The van der Waals surface area contributed by atoms with Crippen molar-refractivity contribution in [3.63, 3.8) is 0 Å². The molecule has 0 bridgehead atoms. The maximum atomic E-state index is 15.7. The first-order valence-electron chi connectivity index (χ1n) is 12.0. The molecule has 1 amide bonds. The molecule has 190 valence electrons. The molecule has 2 atom stereocenters. The van der Waals surface area contributed by atoms with Crippen LogP contribution in [0.3, 0.4) is 0 Å². The second-order valence-corrected chi connectivity index (χ2v) is 9.26. The van der Waals surface area contributed by atoms with Gasteiger partial charge < -0.3 is 14.7 Å². The lowest BCUT2D eigenvalue weighted by atomic mass is 9.92. The van der Waals surface area contributed by atoms with Crippen LogP contribution in [0.25, 0.3) is 22.4 Å². The number of hydrogen-bond donors (Lipinski definition) is 1. The zero-order valence-electron chi connectivity index (χ0n) is 19.7. The van der Waals surface area contributed by atoms with E-state index in [1.807, 2.05) is 24.3 Å². The van der Waals surface area contributed by atoms with Gasteiger partial charge in [0.1, 0.15) is 12.5 Å². The van der Waals surface area contributed by atoms with Crippen LogP contribution in [0, 0.1) is 11.6 Å². The molecule has 11 heteroatoms. The van der Waals surface area contributed by atoms with Gasteiger partial charge in [-0.15, -0.1) is 0 Å². The van der Waals surface area contributed by atoms with Crippen LogP contribution in [0.4, 0.5) is 8.78 Å². The summed E-state index contributed by atoms with van der Waals surface area (Å²) in [6.45, 7) is 0.600. The molecule has 0 radical (unpaired) electrons. The van der Waals surface area contributed by atoms with Crippen molar-refractivity contribution in [2.45, 2.75) is 12.2 Å². The molecule has 1 saturated heterocycles.